The van der Waals surface area contributed by atoms with Crippen molar-refractivity contribution in [2.24, 2.45) is 0 Å². The lowest BCUT2D eigenvalue weighted by Gasteiger charge is -2.22. The highest BCUT2D eigenvalue weighted by Gasteiger charge is 2.23. The lowest BCUT2D eigenvalue weighted by molar-refractivity contribution is -0.115. The van der Waals surface area contributed by atoms with Crippen LogP contribution in [-0.2, 0) is 14.6 Å². The topological polar surface area (TPSA) is 54.5 Å². The number of aryl methyl sites for hydroxylation is 1. The number of hydrogen-bond acceptors (Lipinski definition) is 4. The molecule has 0 amide bonds. The van der Waals surface area contributed by atoms with E-state index in [-0.39, 0.29) is 23.0 Å². The minimum absolute atomic E-state index is 0.0411. The van der Waals surface area contributed by atoms with E-state index in [1.807, 2.05) is 55.4 Å². The van der Waals surface area contributed by atoms with Gasteiger partial charge in [0.15, 0.2) is 15.6 Å². The van der Waals surface area contributed by atoms with Crippen LogP contribution in [0.25, 0.3) is 0 Å². The monoisotopic (exact) mass is 429 g/mol. The second-order valence-electron chi connectivity index (χ2n) is 7.45. The summed E-state index contributed by atoms with van der Waals surface area (Å²) >= 11 is 6.12. The number of likely N-dealkylation sites (N-methyl/N-ethyl adjacent to an activating group) is 1. The molecule has 1 aliphatic heterocycles. The zero-order valence-corrected chi connectivity index (χ0v) is 18.3. The number of sulfone groups is 1. The number of carbonyl (C=O) groups is 1. The number of halogens is 1. The fourth-order valence-electron chi connectivity index (χ4n) is 3.53. The highest BCUT2D eigenvalue weighted by atomic mass is 35.5. The third-order valence-electron chi connectivity index (χ3n) is 5.08. The van der Waals surface area contributed by atoms with Gasteiger partial charge < -0.3 is 4.90 Å². The molecule has 0 saturated heterocycles. The van der Waals surface area contributed by atoms with Gasteiger partial charge >= 0.3 is 0 Å². The standard InChI is InChI=1S/C23H24ClNO3S/c1-16-13-19(24)8-11-21(16)22(14-23(26)18-5-4-12-25(2)15-18)17-6-9-20(10-7-17)29(3,27)28/h4-11,13,15,22H,12,14H2,1-3H3. The number of benzene rings is 2. The van der Waals surface area contributed by atoms with E-state index in [4.69, 9.17) is 11.6 Å². The van der Waals surface area contributed by atoms with Crippen LogP contribution < -0.4 is 0 Å². The van der Waals surface area contributed by atoms with Gasteiger partial charge in [0.2, 0.25) is 0 Å². The second-order valence-corrected chi connectivity index (χ2v) is 9.90. The van der Waals surface area contributed by atoms with Crippen molar-refractivity contribution in [2.75, 3.05) is 19.8 Å². The van der Waals surface area contributed by atoms with Crippen molar-refractivity contribution < 1.29 is 13.2 Å². The van der Waals surface area contributed by atoms with E-state index in [9.17, 15) is 13.2 Å². The first-order valence-corrected chi connectivity index (χ1v) is 11.6. The maximum absolute atomic E-state index is 13.0. The summed E-state index contributed by atoms with van der Waals surface area (Å²) in [5, 5.41) is 0.642. The molecule has 0 saturated carbocycles. The molecule has 1 heterocycles. The molecule has 0 bridgehead atoms. The average Bonchev–Trinajstić information content (AvgIpc) is 2.66. The van der Waals surface area contributed by atoms with Gasteiger partial charge in [-0.2, -0.15) is 0 Å². The molecule has 3 rings (SSSR count). The van der Waals surface area contributed by atoms with Crippen LogP contribution in [0.1, 0.15) is 29.0 Å². The van der Waals surface area contributed by atoms with Gasteiger partial charge in [0.1, 0.15) is 0 Å². The summed E-state index contributed by atoms with van der Waals surface area (Å²) in [6, 6.07) is 12.4. The van der Waals surface area contributed by atoms with Crippen molar-refractivity contribution in [1.29, 1.82) is 0 Å². The Balaban J connectivity index is 2.00. The zero-order valence-electron chi connectivity index (χ0n) is 16.7. The summed E-state index contributed by atoms with van der Waals surface area (Å²) in [5.74, 6) is -0.158. The van der Waals surface area contributed by atoms with Crippen LogP contribution in [0.4, 0.5) is 0 Å². The first-order valence-electron chi connectivity index (χ1n) is 9.33. The number of nitrogens with zero attached hydrogens (tertiary/aromatic N) is 1. The Kier molecular flexibility index (Phi) is 6.30. The minimum Gasteiger partial charge on any atom is -0.376 e. The molecule has 0 N–H and O–H groups in total. The van der Waals surface area contributed by atoms with Gasteiger partial charge in [-0.05, 0) is 47.9 Å². The predicted molar refractivity (Wildman–Crippen MR) is 117 cm³/mol. The second kappa shape index (κ2) is 8.56. The smallest absolute Gasteiger partial charge is 0.175 e. The lowest BCUT2D eigenvalue weighted by Crippen LogP contribution is -2.19. The zero-order chi connectivity index (χ0) is 21.2. The van der Waals surface area contributed by atoms with Crippen LogP contribution in [0.5, 0.6) is 0 Å². The van der Waals surface area contributed by atoms with Gasteiger partial charge in [0.25, 0.3) is 0 Å². The molecule has 1 unspecified atom stereocenters. The first kappa shape index (κ1) is 21.3. The molecule has 0 spiro atoms. The molecule has 0 radical (unpaired) electrons. The van der Waals surface area contributed by atoms with Crippen molar-refractivity contribution in [3.8, 4) is 0 Å². The number of Topliss-reactive ketones (excluding diaryl/α,β-unsaturated/α-hetero) is 1. The molecule has 2 aromatic carbocycles. The van der Waals surface area contributed by atoms with E-state index < -0.39 is 9.84 Å². The van der Waals surface area contributed by atoms with Crippen LogP contribution in [0, 0.1) is 6.92 Å². The summed E-state index contributed by atoms with van der Waals surface area (Å²) in [5.41, 5.74) is 3.56. The minimum atomic E-state index is -3.28. The summed E-state index contributed by atoms with van der Waals surface area (Å²) in [6.45, 7) is 2.75. The Morgan fingerprint density at radius 1 is 1.17 bits per heavy atom. The number of ketones is 1. The van der Waals surface area contributed by atoms with E-state index in [0.717, 1.165) is 23.2 Å². The Bertz CT molecular complexity index is 1090. The summed E-state index contributed by atoms with van der Waals surface area (Å²) in [4.78, 5) is 15.3. The predicted octanol–water partition coefficient (Wildman–Crippen LogP) is 4.53. The van der Waals surface area contributed by atoms with E-state index in [0.29, 0.717) is 10.6 Å². The van der Waals surface area contributed by atoms with E-state index >= 15 is 0 Å². The van der Waals surface area contributed by atoms with E-state index in [1.165, 1.54) is 6.26 Å². The molecule has 152 valence electrons. The maximum atomic E-state index is 13.0. The molecule has 6 heteroatoms. The molecule has 2 aromatic rings. The van der Waals surface area contributed by atoms with Gasteiger partial charge in [-0.1, -0.05) is 42.0 Å². The van der Waals surface area contributed by atoms with Crippen molar-refractivity contribution in [1.82, 2.24) is 4.90 Å². The Hall–Kier alpha value is -2.37. The molecule has 1 aliphatic rings. The molecule has 29 heavy (non-hydrogen) atoms. The number of hydrogen-bond donors (Lipinski definition) is 0. The van der Waals surface area contributed by atoms with Gasteiger partial charge in [-0.15, -0.1) is 0 Å². The Morgan fingerprint density at radius 2 is 1.86 bits per heavy atom. The maximum Gasteiger partial charge on any atom is 0.175 e. The Morgan fingerprint density at radius 3 is 2.45 bits per heavy atom. The number of rotatable bonds is 6. The van der Waals surface area contributed by atoms with Crippen LogP contribution >= 0.6 is 11.6 Å². The highest BCUT2D eigenvalue weighted by molar-refractivity contribution is 7.90. The fraction of sp³-hybridized carbons (Fsp3) is 0.261. The first-order chi connectivity index (χ1) is 13.6. The van der Waals surface area contributed by atoms with Crippen molar-refractivity contribution in [3.63, 3.8) is 0 Å². The third-order valence-corrected chi connectivity index (χ3v) is 6.44. The average molecular weight is 430 g/mol. The summed E-state index contributed by atoms with van der Waals surface area (Å²) in [7, 11) is -1.35. The lowest BCUT2D eigenvalue weighted by atomic mass is 9.83. The molecule has 0 aromatic heterocycles. The highest BCUT2D eigenvalue weighted by Crippen LogP contribution is 2.33. The molecule has 1 atom stereocenters. The van der Waals surface area contributed by atoms with Gasteiger partial charge in [0, 0.05) is 49.0 Å². The normalized spacial score (nSPS) is 15.2. The Labute approximate surface area is 177 Å². The largest absolute Gasteiger partial charge is 0.376 e. The van der Waals surface area contributed by atoms with Gasteiger partial charge in [-0.3, -0.25) is 4.79 Å². The molecular weight excluding hydrogens is 406 g/mol. The molecular formula is C23H24ClNO3S. The van der Waals surface area contributed by atoms with Crippen LogP contribution in [-0.4, -0.2) is 38.9 Å². The SMILES string of the molecule is Cc1cc(Cl)ccc1C(CC(=O)C1=CN(C)CC=C1)c1ccc(S(C)(=O)=O)cc1. The van der Waals surface area contributed by atoms with Crippen molar-refractivity contribution in [2.45, 2.75) is 24.2 Å². The van der Waals surface area contributed by atoms with Gasteiger partial charge in [0.05, 0.1) is 4.90 Å². The number of carbonyl (C=O) groups excluding carboxylic acids is 1. The molecule has 4 nitrogen and oxygen atoms in total. The van der Waals surface area contributed by atoms with Gasteiger partial charge in [-0.25, -0.2) is 8.42 Å². The molecule has 0 fully saturated rings. The van der Waals surface area contributed by atoms with Crippen LogP contribution in [0.2, 0.25) is 5.02 Å². The van der Waals surface area contributed by atoms with Crippen LogP contribution in [0.3, 0.4) is 0 Å². The number of allylic oxidation sites excluding steroid dienone is 2. The molecule has 0 aliphatic carbocycles. The fourth-order valence-corrected chi connectivity index (χ4v) is 4.39. The summed E-state index contributed by atoms with van der Waals surface area (Å²) in [6.07, 6.45) is 7.16. The summed E-state index contributed by atoms with van der Waals surface area (Å²) < 4.78 is 23.6. The van der Waals surface area contributed by atoms with Crippen LogP contribution in [0.15, 0.2) is 71.3 Å². The van der Waals surface area contributed by atoms with E-state index in [2.05, 4.69) is 0 Å². The quantitative estimate of drug-likeness (QED) is 0.677. The van der Waals surface area contributed by atoms with Crippen molar-refractivity contribution in [3.05, 3.63) is 88.1 Å². The third kappa shape index (κ3) is 5.17. The van der Waals surface area contributed by atoms with Crippen molar-refractivity contribution >= 4 is 27.2 Å². The van der Waals surface area contributed by atoms with E-state index in [1.54, 1.807) is 24.3 Å².